The van der Waals surface area contributed by atoms with E-state index in [0.717, 1.165) is 18.7 Å². The summed E-state index contributed by atoms with van der Waals surface area (Å²) >= 11 is 0. The van der Waals surface area contributed by atoms with Gasteiger partial charge in [-0.25, -0.2) is 4.79 Å². The maximum Gasteiger partial charge on any atom is 0.411 e. The third kappa shape index (κ3) is 4.31. The molecule has 0 spiro atoms. The molecule has 0 bridgehead atoms. The number of amides is 1. The number of hydrogen-bond acceptors (Lipinski definition) is 3. The Kier molecular flexibility index (Phi) is 4.79. The van der Waals surface area contributed by atoms with Gasteiger partial charge in [0, 0.05) is 12.2 Å². The van der Waals surface area contributed by atoms with Crippen LogP contribution in [0.2, 0.25) is 0 Å². The molecule has 0 atom stereocenters. The Hall–Kier alpha value is -1.55. The number of benzene rings is 1. The molecule has 0 saturated carbocycles. The molecule has 0 aromatic heterocycles. The Morgan fingerprint density at radius 1 is 1.31 bits per heavy atom. The molecular weight excluding hydrogens is 204 g/mol. The van der Waals surface area contributed by atoms with Gasteiger partial charge in [0.25, 0.3) is 0 Å². The maximum atomic E-state index is 10.9. The average molecular weight is 222 g/mol. The summed E-state index contributed by atoms with van der Waals surface area (Å²) in [5.41, 5.74) is 2.00. The molecule has 0 heterocycles. The van der Waals surface area contributed by atoms with Gasteiger partial charge in [0.1, 0.15) is 0 Å². The van der Waals surface area contributed by atoms with Crippen LogP contribution in [0.4, 0.5) is 10.5 Å². The average Bonchev–Trinajstić information content (AvgIpc) is 2.28. The molecule has 0 unspecified atom stereocenters. The minimum atomic E-state index is -0.443. The Balaban J connectivity index is 2.51. The molecule has 88 valence electrons. The molecule has 1 amide bonds. The molecule has 0 aliphatic heterocycles. The number of rotatable bonds is 4. The Morgan fingerprint density at radius 3 is 2.44 bits per heavy atom. The van der Waals surface area contributed by atoms with Gasteiger partial charge in [-0.2, -0.15) is 0 Å². The van der Waals surface area contributed by atoms with Gasteiger partial charge in [0.2, 0.25) is 0 Å². The first-order valence-electron chi connectivity index (χ1n) is 5.20. The summed E-state index contributed by atoms with van der Waals surface area (Å²) in [4.78, 5) is 13.1. The number of anilines is 1. The van der Waals surface area contributed by atoms with Crippen molar-refractivity contribution in [1.82, 2.24) is 4.90 Å². The lowest BCUT2D eigenvalue weighted by molar-refractivity contribution is 0.187. The van der Waals surface area contributed by atoms with Crippen LogP contribution in [0.1, 0.15) is 5.56 Å². The lowest BCUT2D eigenvalue weighted by Crippen LogP contribution is -2.15. The molecular formula is C12H18N2O2. The van der Waals surface area contributed by atoms with Crippen LogP contribution < -0.4 is 5.32 Å². The van der Waals surface area contributed by atoms with Crippen molar-refractivity contribution in [2.24, 2.45) is 0 Å². The molecule has 0 saturated heterocycles. The second-order valence-corrected chi connectivity index (χ2v) is 3.87. The topological polar surface area (TPSA) is 41.6 Å². The largest absolute Gasteiger partial charge is 0.453 e. The second-order valence-electron chi connectivity index (χ2n) is 3.87. The third-order valence-electron chi connectivity index (χ3n) is 2.23. The molecule has 4 heteroatoms. The van der Waals surface area contributed by atoms with Gasteiger partial charge >= 0.3 is 6.09 Å². The zero-order valence-electron chi connectivity index (χ0n) is 9.99. The number of carbonyl (C=O) groups excluding carboxylic acids is 1. The van der Waals surface area contributed by atoms with Crippen LogP contribution >= 0.6 is 0 Å². The Morgan fingerprint density at radius 2 is 1.94 bits per heavy atom. The predicted molar refractivity (Wildman–Crippen MR) is 64.7 cm³/mol. The number of nitrogens with one attached hydrogen (secondary N) is 1. The predicted octanol–water partition coefficient (Wildman–Crippen LogP) is 1.97. The number of likely N-dealkylation sites (N-methyl/N-ethyl adjacent to an activating group) is 1. The summed E-state index contributed by atoms with van der Waals surface area (Å²) < 4.78 is 4.51. The smallest absolute Gasteiger partial charge is 0.411 e. The molecule has 1 aromatic rings. The summed E-state index contributed by atoms with van der Waals surface area (Å²) in [6.45, 7) is 1.02. The highest BCUT2D eigenvalue weighted by atomic mass is 16.5. The van der Waals surface area contributed by atoms with Crippen molar-refractivity contribution in [3.05, 3.63) is 29.8 Å². The van der Waals surface area contributed by atoms with Gasteiger partial charge in [-0.05, 0) is 38.2 Å². The van der Waals surface area contributed by atoms with E-state index in [1.54, 1.807) is 0 Å². The van der Waals surface area contributed by atoms with E-state index < -0.39 is 6.09 Å². The molecule has 4 nitrogen and oxygen atoms in total. The Bertz CT molecular complexity index is 333. The molecule has 0 fully saturated rings. The minimum Gasteiger partial charge on any atom is -0.453 e. The van der Waals surface area contributed by atoms with Gasteiger partial charge < -0.3 is 9.64 Å². The van der Waals surface area contributed by atoms with Gasteiger partial charge in [0.15, 0.2) is 0 Å². The van der Waals surface area contributed by atoms with Crippen LogP contribution in [-0.2, 0) is 11.2 Å². The van der Waals surface area contributed by atoms with E-state index in [4.69, 9.17) is 0 Å². The number of nitrogens with zero attached hydrogens (tertiary/aromatic N) is 1. The molecule has 0 radical (unpaired) electrons. The summed E-state index contributed by atoms with van der Waals surface area (Å²) in [6.07, 6.45) is 0.562. The number of ether oxygens (including phenoxy) is 1. The first kappa shape index (κ1) is 12.5. The van der Waals surface area contributed by atoms with E-state index in [1.165, 1.54) is 12.7 Å². The fourth-order valence-corrected chi connectivity index (χ4v) is 1.28. The van der Waals surface area contributed by atoms with E-state index >= 15 is 0 Å². The Labute approximate surface area is 96.2 Å². The zero-order chi connectivity index (χ0) is 12.0. The fraction of sp³-hybridized carbons (Fsp3) is 0.417. The van der Waals surface area contributed by atoms with Crippen LogP contribution in [0, 0.1) is 0 Å². The second kappa shape index (κ2) is 6.12. The highest BCUT2D eigenvalue weighted by Crippen LogP contribution is 2.10. The summed E-state index contributed by atoms with van der Waals surface area (Å²) in [6, 6.07) is 7.77. The van der Waals surface area contributed by atoms with Gasteiger partial charge in [-0.1, -0.05) is 12.1 Å². The standard InChI is InChI=1S/C12H18N2O2/c1-14(2)9-8-10-4-6-11(7-5-10)13-12(15)16-3/h4-7H,8-9H2,1-3H3,(H,13,15). The lowest BCUT2D eigenvalue weighted by atomic mass is 10.1. The third-order valence-corrected chi connectivity index (χ3v) is 2.23. The van der Waals surface area contributed by atoms with Crippen molar-refractivity contribution in [2.75, 3.05) is 33.1 Å². The molecule has 1 aromatic carbocycles. The van der Waals surface area contributed by atoms with Crippen molar-refractivity contribution >= 4 is 11.8 Å². The van der Waals surface area contributed by atoms with Crippen molar-refractivity contribution in [1.29, 1.82) is 0 Å². The maximum absolute atomic E-state index is 10.9. The molecule has 0 aliphatic carbocycles. The zero-order valence-corrected chi connectivity index (χ0v) is 9.99. The van der Waals surface area contributed by atoms with Crippen molar-refractivity contribution in [3.63, 3.8) is 0 Å². The van der Waals surface area contributed by atoms with Crippen molar-refractivity contribution in [2.45, 2.75) is 6.42 Å². The molecule has 1 N–H and O–H groups in total. The molecule has 0 aliphatic rings. The number of carbonyl (C=O) groups is 1. The van der Waals surface area contributed by atoms with Gasteiger partial charge in [-0.15, -0.1) is 0 Å². The summed E-state index contributed by atoms with van der Waals surface area (Å²) in [5, 5.41) is 2.61. The summed E-state index contributed by atoms with van der Waals surface area (Å²) in [7, 11) is 5.45. The van der Waals surface area contributed by atoms with Crippen LogP contribution in [-0.4, -0.2) is 38.7 Å². The van der Waals surface area contributed by atoms with E-state index in [-0.39, 0.29) is 0 Å². The van der Waals surface area contributed by atoms with E-state index in [1.807, 2.05) is 38.4 Å². The normalized spacial score (nSPS) is 10.2. The van der Waals surface area contributed by atoms with E-state index in [9.17, 15) is 4.79 Å². The SMILES string of the molecule is COC(=O)Nc1ccc(CCN(C)C)cc1. The minimum absolute atomic E-state index is 0.443. The van der Waals surface area contributed by atoms with Crippen molar-refractivity contribution < 1.29 is 9.53 Å². The van der Waals surface area contributed by atoms with Crippen LogP contribution in [0.25, 0.3) is 0 Å². The van der Waals surface area contributed by atoms with E-state index in [0.29, 0.717) is 0 Å². The first-order chi connectivity index (χ1) is 7.61. The number of hydrogen-bond donors (Lipinski definition) is 1. The van der Waals surface area contributed by atoms with E-state index in [2.05, 4.69) is 15.0 Å². The highest BCUT2D eigenvalue weighted by Gasteiger charge is 2.00. The van der Waals surface area contributed by atoms with Crippen LogP contribution in [0.15, 0.2) is 24.3 Å². The quantitative estimate of drug-likeness (QED) is 0.846. The monoisotopic (exact) mass is 222 g/mol. The van der Waals surface area contributed by atoms with Crippen LogP contribution in [0.3, 0.4) is 0 Å². The summed E-state index contributed by atoms with van der Waals surface area (Å²) in [5.74, 6) is 0. The molecule has 16 heavy (non-hydrogen) atoms. The van der Waals surface area contributed by atoms with Crippen LogP contribution in [0.5, 0.6) is 0 Å². The van der Waals surface area contributed by atoms with Crippen molar-refractivity contribution in [3.8, 4) is 0 Å². The fourth-order valence-electron chi connectivity index (χ4n) is 1.28. The number of methoxy groups -OCH3 is 1. The highest BCUT2D eigenvalue weighted by molar-refractivity contribution is 5.84. The molecule has 1 rings (SSSR count). The van der Waals surface area contributed by atoms with Gasteiger partial charge in [-0.3, -0.25) is 5.32 Å². The first-order valence-corrected chi connectivity index (χ1v) is 5.20. The lowest BCUT2D eigenvalue weighted by Gasteiger charge is -2.09. The van der Waals surface area contributed by atoms with Gasteiger partial charge in [0.05, 0.1) is 7.11 Å².